The summed E-state index contributed by atoms with van der Waals surface area (Å²) < 4.78 is 12.8. The van der Waals surface area contributed by atoms with E-state index in [1.54, 1.807) is 12.1 Å². The number of likely N-dealkylation sites (tertiary alicyclic amines) is 1. The van der Waals surface area contributed by atoms with E-state index in [4.69, 9.17) is 0 Å². The van der Waals surface area contributed by atoms with E-state index < -0.39 is 0 Å². The third-order valence-corrected chi connectivity index (χ3v) is 5.13. The molecule has 0 amide bonds. The molecule has 2 rings (SSSR count). The zero-order chi connectivity index (χ0) is 15.3. The first-order valence-electron chi connectivity index (χ1n) is 8.05. The Kier molecular flexibility index (Phi) is 5.51. The Morgan fingerprint density at radius 3 is 2.24 bits per heavy atom. The summed E-state index contributed by atoms with van der Waals surface area (Å²) in [6.45, 7) is 7.13. The molecule has 116 valence electrons. The second-order valence-electron chi connectivity index (χ2n) is 6.33. The van der Waals surface area contributed by atoms with Gasteiger partial charge in [-0.1, -0.05) is 38.8 Å². The first-order valence-corrected chi connectivity index (χ1v) is 8.05. The number of halogens is 1. The van der Waals surface area contributed by atoms with Crippen LogP contribution in [0.5, 0.6) is 0 Å². The average Bonchev–Trinajstić information content (AvgIpc) is 2.51. The summed E-state index contributed by atoms with van der Waals surface area (Å²) in [6, 6.07) is 6.23. The lowest BCUT2D eigenvalue weighted by molar-refractivity contribution is -0.120. The van der Waals surface area contributed by atoms with Crippen molar-refractivity contribution in [3.8, 4) is 0 Å². The molecule has 21 heavy (non-hydrogen) atoms. The molecule has 1 saturated heterocycles. The molecule has 1 aliphatic heterocycles. The molecule has 1 aliphatic rings. The summed E-state index contributed by atoms with van der Waals surface area (Å²) in [4.78, 5) is 14.4. The maximum Gasteiger partial charge on any atom is 0.151 e. The second-order valence-corrected chi connectivity index (χ2v) is 6.33. The van der Waals surface area contributed by atoms with Crippen LogP contribution in [0.15, 0.2) is 24.3 Å². The van der Waals surface area contributed by atoms with Crippen LogP contribution in [0.2, 0.25) is 0 Å². The number of benzene rings is 1. The molecule has 0 atom stereocenters. The highest BCUT2D eigenvalue weighted by Gasteiger charge is 2.31. The van der Waals surface area contributed by atoms with Gasteiger partial charge < -0.3 is 0 Å². The predicted molar refractivity (Wildman–Crippen MR) is 83.8 cm³/mol. The number of carbonyl (C=O) groups is 1. The van der Waals surface area contributed by atoms with Crippen LogP contribution >= 0.6 is 0 Å². The number of hydrogen-bond donors (Lipinski definition) is 0. The molecule has 0 bridgehead atoms. The minimum Gasteiger partial charge on any atom is -0.298 e. The molecule has 0 unspecified atom stereocenters. The lowest BCUT2D eigenvalue weighted by Crippen LogP contribution is -2.42. The SMILES string of the molecule is CCC1(CC)CCN(CC(=O)Cc2ccc(F)cc2)CC1. The van der Waals surface area contributed by atoms with Crippen molar-refractivity contribution in [1.29, 1.82) is 0 Å². The lowest BCUT2D eigenvalue weighted by atomic mass is 9.74. The van der Waals surface area contributed by atoms with Gasteiger partial charge in [0, 0.05) is 6.42 Å². The first kappa shape index (κ1) is 16.2. The van der Waals surface area contributed by atoms with Crippen molar-refractivity contribution in [2.24, 2.45) is 5.41 Å². The summed E-state index contributed by atoms with van der Waals surface area (Å²) in [5.41, 5.74) is 1.39. The van der Waals surface area contributed by atoms with E-state index in [0.29, 0.717) is 18.4 Å². The van der Waals surface area contributed by atoms with Gasteiger partial charge in [-0.3, -0.25) is 9.69 Å². The fourth-order valence-corrected chi connectivity index (χ4v) is 3.28. The van der Waals surface area contributed by atoms with Crippen LogP contribution in [0.1, 0.15) is 45.1 Å². The molecule has 1 aromatic rings. The molecule has 1 aromatic carbocycles. The molecule has 3 heteroatoms. The van der Waals surface area contributed by atoms with E-state index in [-0.39, 0.29) is 11.6 Å². The van der Waals surface area contributed by atoms with Gasteiger partial charge in [0.2, 0.25) is 0 Å². The van der Waals surface area contributed by atoms with Crippen LogP contribution in [0.3, 0.4) is 0 Å². The molecule has 0 aromatic heterocycles. The van der Waals surface area contributed by atoms with Gasteiger partial charge >= 0.3 is 0 Å². The van der Waals surface area contributed by atoms with Gasteiger partial charge in [0.05, 0.1) is 6.54 Å². The Morgan fingerprint density at radius 2 is 1.71 bits per heavy atom. The van der Waals surface area contributed by atoms with Gasteiger partial charge in [-0.05, 0) is 49.0 Å². The molecule has 2 nitrogen and oxygen atoms in total. The number of carbonyl (C=O) groups excluding carboxylic acids is 1. The van der Waals surface area contributed by atoms with Gasteiger partial charge in [-0.25, -0.2) is 4.39 Å². The molecule has 1 heterocycles. The molecule has 0 aliphatic carbocycles. The van der Waals surface area contributed by atoms with Crippen molar-refractivity contribution in [3.63, 3.8) is 0 Å². The molecule has 0 saturated carbocycles. The monoisotopic (exact) mass is 291 g/mol. The van der Waals surface area contributed by atoms with E-state index in [2.05, 4.69) is 18.7 Å². The molecule has 0 spiro atoms. The summed E-state index contributed by atoms with van der Waals surface area (Å²) in [5, 5.41) is 0. The first-order chi connectivity index (χ1) is 10.1. The quantitative estimate of drug-likeness (QED) is 0.793. The van der Waals surface area contributed by atoms with E-state index >= 15 is 0 Å². The third-order valence-electron chi connectivity index (χ3n) is 5.13. The van der Waals surface area contributed by atoms with Gasteiger partial charge in [0.15, 0.2) is 5.78 Å². The van der Waals surface area contributed by atoms with E-state index in [1.165, 1.54) is 37.8 Å². The normalized spacial score (nSPS) is 18.6. The van der Waals surface area contributed by atoms with Crippen molar-refractivity contribution >= 4 is 5.78 Å². The maximum atomic E-state index is 12.8. The van der Waals surface area contributed by atoms with Crippen molar-refractivity contribution < 1.29 is 9.18 Å². The Bertz CT molecular complexity index is 455. The van der Waals surface area contributed by atoms with Gasteiger partial charge in [0.1, 0.15) is 5.82 Å². The number of nitrogens with zero attached hydrogens (tertiary/aromatic N) is 1. The Labute approximate surface area is 127 Å². The molecular weight excluding hydrogens is 265 g/mol. The highest BCUT2D eigenvalue weighted by Crippen LogP contribution is 2.37. The number of piperidine rings is 1. The van der Waals surface area contributed by atoms with Crippen LogP contribution in [0, 0.1) is 11.2 Å². The van der Waals surface area contributed by atoms with Gasteiger partial charge in [0.25, 0.3) is 0 Å². The van der Waals surface area contributed by atoms with Crippen LogP contribution in [0.25, 0.3) is 0 Å². The average molecular weight is 291 g/mol. The number of rotatable bonds is 6. The predicted octanol–water partition coefficient (Wildman–Crippen LogP) is 3.84. The highest BCUT2D eigenvalue weighted by atomic mass is 19.1. The van der Waals surface area contributed by atoms with Crippen LogP contribution in [-0.4, -0.2) is 30.3 Å². The van der Waals surface area contributed by atoms with Crippen LogP contribution in [0.4, 0.5) is 4.39 Å². The Balaban J connectivity index is 1.80. The van der Waals surface area contributed by atoms with Crippen LogP contribution in [-0.2, 0) is 11.2 Å². The van der Waals surface area contributed by atoms with Crippen molar-refractivity contribution in [1.82, 2.24) is 4.90 Å². The maximum absolute atomic E-state index is 12.8. The lowest BCUT2D eigenvalue weighted by Gasteiger charge is -2.40. The third kappa shape index (κ3) is 4.37. The topological polar surface area (TPSA) is 20.3 Å². The standard InChI is InChI=1S/C18H26FNO/c1-3-18(4-2)9-11-20(12-10-18)14-17(21)13-15-5-7-16(19)8-6-15/h5-8H,3-4,9-14H2,1-2H3. The molecular formula is C18H26FNO. The zero-order valence-corrected chi connectivity index (χ0v) is 13.2. The van der Waals surface area contributed by atoms with E-state index in [0.717, 1.165) is 18.7 Å². The minimum absolute atomic E-state index is 0.224. The highest BCUT2D eigenvalue weighted by molar-refractivity contribution is 5.82. The van der Waals surface area contributed by atoms with Crippen LogP contribution < -0.4 is 0 Å². The number of hydrogen-bond acceptors (Lipinski definition) is 2. The van der Waals surface area contributed by atoms with E-state index in [9.17, 15) is 9.18 Å². The minimum atomic E-state index is -0.252. The van der Waals surface area contributed by atoms with Crippen molar-refractivity contribution in [2.45, 2.75) is 46.0 Å². The summed E-state index contributed by atoms with van der Waals surface area (Å²) in [6.07, 6.45) is 5.28. The summed E-state index contributed by atoms with van der Waals surface area (Å²) in [5.74, 6) is -0.0280. The zero-order valence-electron chi connectivity index (χ0n) is 13.2. The Morgan fingerprint density at radius 1 is 1.14 bits per heavy atom. The molecule has 0 radical (unpaired) electrons. The summed E-state index contributed by atoms with van der Waals surface area (Å²) >= 11 is 0. The van der Waals surface area contributed by atoms with Crippen molar-refractivity contribution in [2.75, 3.05) is 19.6 Å². The summed E-state index contributed by atoms with van der Waals surface area (Å²) in [7, 11) is 0. The fraction of sp³-hybridized carbons (Fsp3) is 0.611. The number of ketones is 1. The van der Waals surface area contributed by atoms with Gasteiger partial charge in [-0.15, -0.1) is 0 Å². The van der Waals surface area contributed by atoms with Crippen molar-refractivity contribution in [3.05, 3.63) is 35.6 Å². The Hall–Kier alpha value is -1.22. The smallest absolute Gasteiger partial charge is 0.151 e. The van der Waals surface area contributed by atoms with E-state index in [1.807, 2.05) is 0 Å². The number of Topliss-reactive ketones (excluding diaryl/α,β-unsaturated/α-hetero) is 1. The fourth-order valence-electron chi connectivity index (χ4n) is 3.28. The largest absolute Gasteiger partial charge is 0.298 e. The molecule has 0 N–H and O–H groups in total. The molecule has 1 fully saturated rings. The van der Waals surface area contributed by atoms with Gasteiger partial charge in [-0.2, -0.15) is 0 Å². The second kappa shape index (κ2) is 7.17.